The van der Waals surface area contributed by atoms with Crippen molar-refractivity contribution in [2.75, 3.05) is 10.6 Å². The summed E-state index contributed by atoms with van der Waals surface area (Å²) < 4.78 is 19.4. The molecule has 3 aromatic rings. The highest BCUT2D eigenvalue weighted by Gasteiger charge is 2.15. The molecule has 3 rings (SSSR count). The summed E-state index contributed by atoms with van der Waals surface area (Å²) in [5, 5.41) is 8.85. The van der Waals surface area contributed by atoms with Crippen molar-refractivity contribution in [1.82, 2.24) is 9.97 Å². The predicted molar refractivity (Wildman–Crippen MR) is 108 cm³/mol. The van der Waals surface area contributed by atoms with Crippen LogP contribution in [0.1, 0.15) is 26.5 Å². The molecule has 0 saturated carbocycles. The van der Waals surface area contributed by atoms with Gasteiger partial charge in [-0.3, -0.25) is 4.79 Å². The maximum Gasteiger partial charge on any atom is 0.223 e. The summed E-state index contributed by atoms with van der Waals surface area (Å²) in [7, 11) is 0. The van der Waals surface area contributed by atoms with Gasteiger partial charge in [0.2, 0.25) is 5.91 Å². The van der Waals surface area contributed by atoms with Crippen LogP contribution in [0.4, 0.5) is 20.3 Å². The first-order valence-corrected chi connectivity index (χ1v) is 9.95. The van der Waals surface area contributed by atoms with Gasteiger partial charge in [0.05, 0.1) is 28.1 Å². The van der Waals surface area contributed by atoms with E-state index >= 15 is 0 Å². The van der Waals surface area contributed by atoms with E-state index in [9.17, 15) is 9.18 Å². The van der Waals surface area contributed by atoms with Crippen molar-refractivity contribution in [3.63, 3.8) is 0 Å². The van der Waals surface area contributed by atoms with Crippen molar-refractivity contribution in [3.8, 4) is 16.3 Å². The fourth-order valence-corrected chi connectivity index (χ4v) is 4.11. The Kier molecular flexibility index (Phi) is 5.71. The fraction of sp³-hybridized carbons (Fsp3) is 0.278. The predicted octanol–water partition coefficient (Wildman–Crippen LogP) is 5.20. The summed E-state index contributed by atoms with van der Waals surface area (Å²) in [5.74, 6) is 0.0356. The van der Waals surface area contributed by atoms with E-state index in [0.717, 1.165) is 16.3 Å². The molecular formula is C18H19FN4O2S2. The second-order valence-corrected chi connectivity index (χ2v) is 7.94. The van der Waals surface area contributed by atoms with Gasteiger partial charge in [0.1, 0.15) is 11.6 Å². The number of nitrogens with one attached hydrogen (secondary N) is 2. The highest BCUT2D eigenvalue weighted by Crippen LogP contribution is 2.36. The minimum absolute atomic E-state index is 0.0325. The Morgan fingerprint density at radius 2 is 2.04 bits per heavy atom. The third-order valence-corrected chi connectivity index (χ3v) is 5.22. The number of carbonyl (C=O) groups excluding carboxylic acids is 1. The van der Waals surface area contributed by atoms with Crippen LogP contribution < -0.4 is 15.4 Å². The Morgan fingerprint density at radius 1 is 1.26 bits per heavy atom. The Bertz CT molecular complexity index is 968. The third kappa shape index (κ3) is 4.81. The molecule has 0 aliphatic heterocycles. The van der Waals surface area contributed by atoms with Crippen molar-refractivity contribution in [2.24, 2.45) is 0 Å². The lowest BCUT2D eigenvalue weighted by atomic mass is 10.3. The van der Waals surface area contributed by atoms with E-state index in [0.29, 0.717) is 21.7 Å². The summed E-state index contributed by atoms with van der Waals surface area (Å²) in [6.45, 7) is 7.13. The highest BCUT2D eigenvalue weighted by molar-refractivity contribution is 7.20. The zero-order valence-corrected chi connectivity index (χ0v) is 16.9. The number of thiazole rings is 2. The number of nitrogens with zero attached hydrogens (tertiary/aromatic N) is 2. The first kappa shape index (κ1) is 19.2. The van der Waals surface area contributed by atoms with Gasteiger partial charge in [-0.1, -0.05) is 11.3 Å². The van der Waals surface area contributed by atoms with E-state index < -0.39 is 0 Å². The fourth-order valence-electron chi connectivity index (χ4n) is 2.35. The van der Waals surface area contributed by atoms with E-state index in [-0.39, 0.29) is 17.8 Å². The molecular weight excluding hydrogens is 387 g/mol. The second-order valence-electron chi connectivity index (χ2n) is 6.08. The van der Waals surface area contributed by atoms with Gasteiger partial charge in [-0.15, -0.1) is 11.3 Å². The average molecular weight is 407 g/mol. The Morgan fingerprint density at radius 3 is 2.74 bits per heavy atom. The van der Waals surface area contributed by atoms with Crippen molar-refractivity contribution < 1.29 is 13.9 Å². The van der Waals surface area contributed by atoms with Gasteiger partial charge in [-0.25, -0.2) is 14.4 Å². The van der Waals surface area contributed by atoms with Crippen LogP contribution in [-0.2, 0) is 4.79 Å². The smallest absolute Gasteiger partial charge is 0.223 e. The van der Waals surface area contributed by atoms with Gasteiger partial charge in [-0.2, -0.15) is 0 Å². The number of carbonyl (C=O) groups is 1. The van der Waals surface area contributed by atoms with Crippen LogP contribution in [0, 0.1) is 12.7 Å². The molecule has 0 spiro atoms. The number of amides is 1. The van der Waals surface area contributed by atoms with Gasteiger partial charge in [0.15, 0.2) is 10.3 Å². The molecule has 1 aromatic carbocycles. The maximum atomic E-state index is 13.7. The molecule has 27 heavy (non-hydrogen) atoms. The number of rotatable bonds is 6. The summed E-state index contributed by atoms with van der Waals surface area (Å²) in [4.78, 5) is 21.0. The first-order chi connectivity index (χ1) is 12.8. The number of anilines is 3. The number of aryl methyl sites for hydroxylation is 1. The molecule has 2 N–H and O–H groups in total. The van der Waals surface area contributed by atoms with Gasteiger partial charge in [-0.05, 0) is 32.9 Å². The molecule has 0 bridgehead atoms. The minimum atomic E-state index is -0.358. The zero-order valence-electron chi connectivity index (χ0n) is 15.3. The van der Waals surface area contributed by atoms with Gasteiger partial charge < -0.3 is 15.4 Å². The molecule has 142 valence electrons. The van der Waals surface area contributed by atoms with E-state index in [4.69, 9.17) is 4.74 Å². The summed E-state index contributed by atoms with van der Waals surface area (Å²) in [6, 6.07) is 4.34. The number of hydrogen-bond donors (Lipinski definition) is 2. The topological polar surface area (TPSA) is 76.1 Å². The van der Waals surface area contributed by atoms with E-state index in [1.165, 1.54) is 41.7 Å². The first-order valence-electron chi connectivity index (χ1n) is 8.26. The van der Waals surface area contributed by atoms with E-state index in [1.807, 2.05) is 26.2 Å². The number of aromatic nitrogens is 2. The molecule has 1 amide bonds. The normalized spacial score (nSPS) is 10.9. The molecule has 0 unspecified atom stereocenters. The Labute approximate surface area is 164 Å². The molecule has 6 nitrogen and oxygen atoms in total. The van der Waals surface area contributed by atoms with Crippen LogP contribution in [-0.4, -0.2) is 22.0 Å². The molecule has 2 aromatic heterocycles. The minimum Gasteiger partial charge on any atom is -0.489 e. The molecule has 0 radical (unpaired) electrons. The molecule has 0 aliphatic rings. The second kappa shape index (κ2) is 8.01. The maximum absolute atomic E-state index is 13.7. The largest absolute Gasteiger partial charge is 0.489 e. The van der Waals surface area contributed by atoms with E-state index in [2.05, 4.69) is 20.6 Å². The number of hydrogen-bond acceptors (Lipinski definition) is 7. The zero-order chi connectivity index (χ0) is 19.6. The molecule has 0 saturated heterocycles. The van der Waals surface area contributed by atoms with Gasteiger partial charge >= 0.3 is 0 Å². The lowest BCUT2D eigenvalue weighted by molar-refractivity contribution is -0.114. The third-order valence-electron chi connectivity index (χ3n) is 3.36. The monoisotopic (exact) mass is 406 g/mol. The van der Waals surface area contributed by atoms with Gasteiger partial charge in [0.25, 0.3) is 0 Å². The van der Waals surface area contributed by atoms with Crippen molar-refractivity contribution in [3.05, 3.63) is 35.1 Å². The molecule has 0 atom stereocenters. The standard InChI is InChI=1S/C18H19FN4O2S2/c1-9(2)25-15-6-5-12(19)7-13(15)22-17-23-14(8-26-17)16-10(3)20-18(27-16)21-11(4)24/h5-9H,1-4H3,(H,22,23)(H,20,21,24). The summed E-state index contributed by atoms with van der Waals surface area (Å²) in [5.41, 5.74) is 2.05. The van der Waals surface area contributed by atoms with Crippen LogP contribution in [0.5, 0.6) is 5.75 Å². The Balaban J connectivity index is 1.84. The molecule has 2 heterocycles. The van der Waals surface area contributed by atoms with Crippen LogP contribution in [0.2, 0.25) is 0 Å². The quantitative estimate of drug-likeness (QED) is 0.588. The summed E-state index contributed by atoms with van der Waals surface area (Å²) in [6.07, 6.45) is -0.0325. The molecule has 9 heteroatoms. The van der Waals surface area contributed by atoms with Crippen LogP contribution >= 0.6 is 22.7 Å². The number of halogens is 1. The van der Waals surface area contributed by atoms with Crippen LogP contribution in [0.25, 0.3) is 10.6 Å². The lowest BCUT2D eigenvalue weighted by Gasteiger charge is -2.14. The van der Waals surface area contributed by atoms with Crippen molar-refractivity contribution in [1.29, 1.82) is 0 Å². The highest BCUT2D eigenvalue weighted by atomic mass is 32.1. The van der Waals surface area contributed by atoms with Crippen molar-refractivity contribution in [2.45, 2.75) is 33.8 Å². The van der Waals surface area contributed by atoms with Crippen LogP contribution in [0.15, 0.2) is 23.6 Å². The SMILES string of the molecule is CC(=O)Nc1nc(C)c(-c2csc(Nc3cc(F)ccc3OC(C)C)n2)s1. The number of ether oxygens (including phenoxy) is 1. The molecule has 0 fully saturated rings. The van der Waals surface area contributed by atoms with Gasteiger partial charge in [0, 0.05) is 18.4 Å². The van der Waals surface area contributed by atoms with Crippen LogP contribution in [0.3, 0.4) is 0 Å². The lowest BCUT2D eigenvalue weighted by Crippen LogP contribution is -2.07. The number of benzene rings is 1. The average Bonchev–Trinajstić information content (AvgIpc) is 3.15. The van der Waals surface area contributed by atoms with E-state index in [1.54, 1.807) is 6.07 Å². The van der Waals surface area contributed by atoms with Crippen molar-refractivity contribution >= 4 is 44.5 Å². The molecule has 0 aliphatic carbocycles. The summed E-state index contributed by atoms with van der Waals surface area (Å²) >= 11 is 2.76. The Hall–Kier alpha value is -2.52.